The Bertz CT molecular complexity index is 351. The molecule has 0 amide bonds. The van der Waals surface area contributed by atoms with E-state index in [-0.39, 0.29) is 12.5 Å². The summed E-state index contributed by atoms with van der Waals surface area (Å²) in [5, 5.41) is 8.62. The van der Waals surface area contributed by atoms with Crippen molar-refractivity contribution in [3.05, 3.63) is 33.4 Å². The predicted octanol–water partition coefficient (Wildman–Crippen LogP) is 2.76. The molecule has 3 nitrogen and oxygen atoms in total. The molecule has 1 aromatic carbocycles. The summed E-state index contributed by atoms with van der Waals surface area (Å²) >= 11 is 2.27. The van der Waals surface area contributed by atoms with Gasteiger partial charge in [-0.3, -0.25) is 9.69 Å². The molecule has 1 unspecified atom stereocenters. The molecule has 0 heterocycles. The SMILES string of the molecule is CC(c1ccc(I)cc1)N(C)CCC(=O)O. The quantitative estimate of drug-likeness (QED) is 0.843. The Hall–Kier alpha value is -0.620. The number of aliphatic carboxylic acids is 1. The van der Waals surface area contributed by atoms with Crippen LogP contribution in [0.2, 0.25) is 0 Å². The van der Waals surface area contributed by atoms with Gasteiger partial charge in [0, 0.05) is 16.2 Å². The van der Waals surface area contributed by atoms with Gasteiger partial charge < -0.3 is 5.11 Å². The van der Waals surface area contributed by atoms with E-state index in [0.29, 0.717) is 6.54 Å². The molecule has 0 radical (unpaired) electrons. The minimum absolute atomic E-state index is 0.186. The normalized spacial score (nSPS) is 12.8. The van der Waals surface area contributed by atoms with E-state index in [4.69, 9.17) is 5.11 Å². The monoisotopic (exact) mass is 333 g/mol. The molecule has 0 fully saturated rings. The van der Waals surface area contributed by atoms with Crippen molar-refractivity contribution in [2.24, 2.45) is 0 Å². The zero-order valence-corrected chi connectivity index (χ0v) is 11.6. The molecule has 1 N–H and O–H groups in total. The van der Waals surface area contributed by atoms with E-state index >= 15 is 0 Å². The maximum absolute atomic E-state index is 10.5. The largest absolute Gasteiger partial charge is 0.481 e. The number of carboxylic acid groups (broad SMARTS) is 1. The highest BCUT2D eigenvalue weighted by Crippen LogP contribution is 2.19. The van der Waals surface area contributed by atoms with Crippen molar-refractivity contribution in [3.8, 4) is 0 Å². The first kappa shape index (κ1) is 13.4. The van der Waals surface area contributed by atoms with Gasteiger partial charge in [0.15, 0.2) is 0 Å². The van der Waals surface area contributed by atoms with Gasteiger partial charge in [-0.25, -0.2) is 0 Å². The maximum atomic E-state index is 10.5. The van der Waals surface area contributed by atoms with E-state index in [2.05, 4.69) is 58.7 Å². The average Bonchev–Trinajstić information content (AvgIpc) is 2.26. The molecule has 1 aromatic rings. The van der Waals surface area contributed by atoms with E-state index in [9.17, 15) is 4.79 Å². The molecular formula is C12H16INO2. The topological polar surface area (TPSA) is 40.5 Å². The van der Waals surface area contributed by atoms with Crippen molar-refractivity contribution in [2.45, 2.75) is 19.4 Å². The number of carbonyl (C=O) groups is 1. The average molecular weight is 333 g/mol. The van der Waals surface area contributed by atoms with Crippen molar-refractivity contribution in [2.75, 3.05) is 13.6 Å². The molecule has 0 aliphatic rings. The highest BCUT2D eigenvalue weighted by atomic mass is 127. The van der Waals surface area contributed by atoms with Gasteiger partial charge in [0.05, 0.1) is 6.42 Å². The van der Waals surface area contributed by atoms with E-state index < -0.39 is 5.97 Å². The third-order valence-corrected chi connectivity index (χ3v) is 3.41. The molecule has 0 aliphatic carbocycles. The molecule has 88 valence electrons. The second-order valence-electron chi connectivity index (χ2n) is 3.85. The fraction of sp³-hybridized carbons (Fsp3) is 0.417. The molecular weight excluding hydrogens is 317 g/mol. The Morgan fingerprint density at radius 1 is 1.44 bits per heavy atom. The maximum Gasteiger partial charge on any atom is 0.304 e. The summed E-state index contributed by atoms with van der Waals surface area (Å²) < 4.78 is 1.21. The molecule has 0 bridgehead atoms. The Balaban J connectivity index is 2.59. The van der Waals surface area contributed by atoms with Crippen LogP contribution in [-0.4, -0.2) is 29.6 Å². The molecule has 0 aliphatic heterocycles. The van der Waals surface area contributed by atoms with E-state index in [1.165, 1.54) is 9.13 Å². The lowest BCUT2D eigenvalue weighted by Gasteiger charge is -2.24. The molecule has 0 aromatic heterocycles. The molecule has 1 atom stereocenters. The molecule has 4 heteroatoms. The summed E-state index contributed by atoms with van der Waals surface area (Å²) in [7, 11) is 1.95. The third kappa shape index (κ3) is 4.09. The van der Waals surface area contributed by atoms with Crippen molar-refractivity contribution in [1.29, 1.82) is 0 Å². The van der Waals surface area contributed by atoms with E-state index in [1.807, 2.05) is 7.05 Å². The smallest absolute Gasteiger partial charge is 0.304 e. The number of benzene rings is 1. The second kappa shape index (κ2) is 6.20. The lowest BCUT2D eigenvalue weighted by molar-refractivity contribution is -0.137. The van der Waals surface area contributed by atoms with Crippen LogP contribution in [0.3, 0.4) is 0 Å². The summed E-state index contributed by atoms with van der Waals surface area (Å²) in [4.78, 5) is 12.5. The van der Waals surface area contributed by atoms with Crippen LogP contribution >= 0.6 is 22.6 Å². The third-order valence-electron chi connectivity index (χ3n) is 2.69. The Kier molecular flexibility index (Phi) is 5.21. The molecule has 0 saturated heterocycles. The van der Waals surface area contributed by atoms with Gasteiger partial charge in [-0.2, -0.15) is 0 Å². The number of hydrogen-bond acceptors (Lipinski definition) is 2. The van der Waals surface area contributed by atoms with Gasteiger partial charge in [0.2, 0.25) is 0 Å². The number of nitrogens with zero attached hydrogens (tertiary/aromatic N) is 1. The van der Waals surface area contributed by atoms with E-state index in [0.717, 1.165) is 0 Å². The number of hydrogen-bond donors (Lipinski definition) is 1. The zero-order valence-electron chi connectivity index (χ0n) is 9.48. The number of carboxylic acids is 1. The second-order valence-corrected chi connectivity index (χ2v) is 5.10. The number of rotatable bonds is 5. The van der Waals surface area contributed by atoms with Crippen molar-refractivity contribution in [3.63, 3.8) is 0 Å². The van der Waals surface area contributed by atoms with Crippen molar-refractivity contribution < 1.29 is 9.90 Å². The molecule has 0 spiro atoms. The zero-order chi connectivity index (χ0) is 12.1. The molecule has 16 heavy (non-hydrogen) atoms. The minimum atomic E-state index is -0.748. The first-order chi connectivity index (χ1) is 7.50. The van der Waals surface area contributed by atoms with Crippen LogP contribution in [-0.2, 0) is 4.79 Å². The Labute approximate surface area is 110 Å². The predicted molar refractivity (Wildman–Crippen MR) is 72.5 cm³/mol. The molecule has 0 saturated carbocycles. The van der Waals surface area contributed by atoms with Gasteiger partial charge in [0.25, 0.3) is 0 Å². The van der Waals surface area contributed by atoms with Crippen LogP contribution in [0.5, 0.6) is 0 Å². The Morgan fingerprint density at radius 2 is 2.00 bits per heavy atom. The minimum Gasteiger partial charge on any atom is -0.481 e. The fourth-order valence-corrected chi connectivity index (χ4v) is 1.82. The van der Waals surface area contributed by atoms with Gasteiger partial charge >= 0.3 is 5.97 Å². The lowest BCUT2D eigenvalue weighted by atomic mass is 10.1. The first-order valence-corrected chi connectivity index (χ1v) is 6.26. The summed E-state index contributed by atoms with van der Waals surface area (Å²) in [6.45, 7) is 2.66. The van der Waals surface area contributed by atoms with Crippen LogP contribution < -0.4 is 0 Å². The van der Waals surface area contributed by atoms with Crippen LogP contribution in [0.25, 0.3) is 0 Å². The van der Waals surface area contributed by atoms with Crippen LogP contribution in [0.1, 0.15) is 24.9 Å². The Morgan fingerprint density at radius 3 is 2.50 bits per heavy atom. The summed E-state index contributed by atoms with van der Waals surface area (Å²) in [6, 6.07) is 8.55. The summed E-state index contributed by atoms with van der Waals surface area (Å²) in [5.74, 6) is -0.748. The van der Waals surface area contributed by atoms with Crippen LogP contribution in [0.4, 0.5) is 0 Å². The van der Waals surface area contributed by atoms with Crippen LogP contribution in [0.15, 0.2) is 24.3 Å². The summed E-state index contributed by atoms with van der Waals surface area (Å²) in [6.07, 6.45) is 0.186. The lowest BCUT2D eigenvalue weighted by Crippen LogP contribution is -2.25. The van der Waals surface area contributed by atoms with Gasteiger partial charge in [-0.1, -0.05) is 12.1 Å². The van der Waals surface area contributed by atoms with Crippen LogP contribution in [0, 0.1) is 3.57 Å². The first-order valence-electron chi connectivity index (χ1n) is 5.18. The number of halogens is 1. The van der Waals surface area contributed by atoms with Gasteiger partial charge in [0.1, 0.15) is 0 Å². The van der Waals surface area contributed by atoms with Crippen molar-refractivity contribution >= 4 is 28.6 Å². The molecule has 1 rings (SSSR count). The van der Waals surface area contributed by atoms with E-state index in [1.54, 1.807) is 0 Å². The van der Waals surface area contributed by atoms with Gasteiger partial charge in [-0.15, -0.1) is 0 Å². The highest BCUT2D eigenvalue weighted by molar-refractivity contribution is 14.1. The fourth-order valence-electron chi connectivity index (χ4n) is 1.46. The highest BCUT2D eigenvalue weighted by Gasteiger charge is 2.12. The summed E-state index contributed by atoms with van der Waals surface area (Å²) in [5.41, 5.74) is 1.22. The standard InChI is InChI=1S/C12H16INO2/c1-9(14(2)8-7-12(15)16)10-3-5-11(13)6-4-10/h3-6,9H,7-8H2,1-2H3,(H,15,16). The van der Waals surface area contributed by atoms with Crippen molar-refractivity contribution in [1.82, 2.24) is 4.90 Å². The van der Waals surface area contributed by atoms with Gasteiger partial charge in [-0.05, 0) is 54.3 Å².